The third kappa shape index (κ3) is 3.87. The van der Waals surface area contributed by atoms with Gasteiger partial charge in [-0.2, -0.15) is 5.10 Å². The van der Waals surface area contributed by atoms with E-state index in [4.69, 9.17) is 11.6 Å². The largest absolute Gasteiger partial charge is 0.508 e. The number of benzene rings is 3. The molecule has 1 aliphatic heterocycles. The third-order valence-corrected chi connectivity index (χ3v) is 6.07. The Morgan fingerprint density at radius 3 is 2.36 bits per heavy atom. The molecular formula is C25H21ClN4O3. The van der Waals surface area contributed by atoms with Gasteiger partial charge in [-0.25, -0.2) is 0 Å². The first kappa shape index (κ1) is 20.9. The van der Waals surface area contributed by atoms with Gasteiger partial charge in [0.1, 0.15) is 22.9 Å². The molecule has 5 rings (SSSR count). The molecule has 3 N–H and O–H groups in total. The van der Waals surface area contributed by atoms with Crippen molar-refractivity contribution >= 4 is 29.0 Å². The van der Waals surface area contributed by atoms with E-state index in [2.05, 4.69) is 10.4 Å². The lowest BCUT2D eigenvalue weighted by Gasteiger charge is -2.19. The average Bonchev–Trinajstić information content (AvgIpc) is 3.37. The van der Waals surface area contributed by atoms with Gasteiger partial charge in [-0.3, -0.25) is 9.48 Å². The monoisotopic (exact) mass is 460 g/mol. The van der Waals surface area contributed by atoms with E-state index in [1.54, 1.807) is 28.8 Å². The number of rotatable bonds is 4. The Labute approximate surface area is 195 Å². The number of aromatic nitrogens is 2. The fourth-order valence-corrected chi connectivity index (χ4v) is 4.33. The first-order valence-corrected chi connectivity index (χ1v) is 10.8. The van der Waals surface area contributed by atoms with E-state index in [-0.39, 0.29) is 28.7 Å². The number of aryl methyl sites for hydroxylation is 1. The van der Waals surface area contributed by atoms with Crippen LogP contribution in [-0.2, 0) is 20.1 Å². The van der Waals surface area contributed by atoms with Gasteiger partial charge in [0.2, 0.25) is 0 Å². The van der Waals surface area contributed by atoms with Crippen LogP contribution < -0.4 is 5.32 Å². The second-order valence-electron chi connectivity index (χ2n) is 7.96. The molecule has 1 aliphatic rings. The molecule has 4 aromatic rings. The molecule has 166 valence electrons. The highest BCUT2D eigenvalue weighted by Crippen LogP contribution is 2.37. The molecule has 33 heavy (non-hydrogen) atoms. The van der Waals surface area contributed by atoms with Crippen molar-refractivity contribution in [2.45, 2.75) is 13.1 Å². The zero-order chi connectivity index (χ0) is 23.1. The highest BCUT2D eigenvalue weighted by Gasteiger charge is 2.28. The number of phenols is 2. The number of hydrogen-bond acceptors (Lipinski definition) is 5. The van der Waals surface area contributed by atoms with Gasteiger partial charge in [0.25, 0.3) is 5.91 Å². The molecule has 0 bridgehead atoms. The van der Waals surface area contributed by atoms with Crippen molar-refractivity contribution < 1.29 is 15.0 Å². The van der Waals surface area contributed by atoms with Gasteiger partial charge in [0, 0.05) is 43.9 Å². The minimum atomic E-state index is -0.334. The lowest BCUT2D eigenvalue weighted by Crippen LogP contribution is -2.26. The Balaban J connectivity index is 1.49. The number of carbonyl (C=O) groups is 1. The third-order valence-electron chi connectivity index (χ3n) is 5.74. The van der Waals surface area contributed by atoms with Crippen molar-refractivity contribution in [3.8, 4) is 22.8 Å². The predicted molar refractivity (Wildman–Crippen MR) is 127 cm³/mol. The van der Waals surface area contributed by atoms with Crippen LogP contribution in [0.1, 0.15) is 21.5 Å². The highest BCUT2D eigenvalue weighted by atomic mass is 35.5. The predicted octanol–water partition coefficient (Wildman–Crippen LogP) is 5.05. The molecule has 0 spiro atoms. The van der Waals surface area contributed by atoms with Crippen LogP contribution in [0.5, 0.6) is 11.5 Å². The number of nitrogens with one attached hydrogen (secondary N) is 1. The lowest BCUT2D eigenvalue weighted by molar-refractivity contribution is 0.0749. The number of amides is 1. The van der Waals surface area contributed by atoms with Gasteiger partial charge in [0.15, 0.2) is 0 Å². The standard InChI is InChI=1S/C25H21ClN4O3/c1-29-23(12-20(28-29)18-8-4-5-9-19(18)26)27-21-10-17(31)11-22(32)24(21)25(33)30-13-15-6-2-3-7-16(15)14-30/h2-12,27,31-32H,13-14H2,1H3. The Kier molecular flexibility index (Phi) is 5.18. The first-order chi connectivity index (χ1) is 15.9. The maximum atomic E-state index is 13.4. The van der Waals surface area contributed by atoms with E-state index in [1.807, 2.05) is 42.5 Å². The summed E-state index contributed by atoms with van der Waals surface area (Å²) in [6.07, 6.45) is 0. The summed E-state index contributed by atoms with van der Waals surface area (Å²) < 4.78 is 1.61. The van der Waals surface area contributed by atoms with Crippen LogP contribution in [-0.4, -0.2) is 30.8 Å². The van der Waals surface area contributed by atoms with E-state index >= 15 is 0 Å². The van der Waals surface area contributed by atoms with Crippen molar-refractivity contribution in [2.75, 3.05) is 5.32 Å². The number of fused-ring (bicyclic) bond motifs is 1. The molecule has 7 nitrogen and oxygen atoms in total. The van der Waals surface area contributed by atoms with E-state index < -0.39 is 0 Å². The van der Waals surface area contributed by atoms with E-state index in [9.17, 15) is 15.0 Å². The Morgan fingerprint density at radius 2 is 1.67 bits per heavy atom. The van der Waals surface area contributed by atoms with Crippen molar-refractivity contribution in [1.29, 1.82) is 0 Å². The summed E-state index contributed by atoms with van der Waals surface area (Å²) in [7, 11) is 1.75. The minimum Gasteiger partial charge on any atom is -0.508 e. The van der Waals surface area contributed by atoms with Crippen molar-refractivity contribution in [3.05, 3.63) is 88.4 Å². The maximum Gasteiger partial charge on any atom is 0.260 e. The van der Waals surface area contributed by atoms with Crippen LogP contribution in [0.2, 0.25) is 5.02 Å². The number of anilines is 2. The lowest BCUT2D eigenvalue weighted by atomic mass is 10.1. The molecule has 8 heteroatoms. The zero-order valence-electron chi connectivity index (χ0n) is 17.8. The Bertz CT molecular complexity index is 1360. The summed E-state index contributed by atoms with van der Waals surface area (Å²) in [5.74, 6) is -0.231. The summed E-state index contributed by atoms with van der Waals surface area (Å²) in [6.45, 7) is 0.911. The van der Waals surface area contributed by atoms with Crippen LogP contribution in [0.3, 0.4) is 0 Å². The minimum absolute atomic E-state index is 0.0844. The number of carbonyl (C=O) groups excluding carboxylic acids is 1. The van der Waals surface area contributed by atoms with Crippen molar-refractivity contribution in [2.24, 2.45) is 7.05 Å². The Morgan fingerprint density at radius 1 is 1.00 bits per heavy atom. The van der Waals surface area contributed by atoms with Gasteiger partial charge < -0.3 is 20.4 Å². The number of hydrogen-bond donors (Lipinski definition) is 3. The summed E-state index contributed by atoms with van der Waals surface area (Å²) >= 11 is 6.31. The molecule has 0 saturated heterocycles. The second-order valence-corrected chi connectivity index (χ2v) is 8.37. The Hall–Kier alpha value is -3.97. The van der Waals surface area contributed by atoms with Crippen molar-refractivity contribution in [1.82, 2.24) is 14.7 Å². The van der Waals surface area contributed by atoms with Crippen molar-refractivity contribution in [3.63, 3.8) is 0 Å². The second kappa shape index (κ2) is 8.18. The molecule has 0 saturated carbocycles. The van der Waals surface area contributed by atoms with E-state index in [0.29, 0.717) is 29.6 Å². The quantitative estimate of drug-likeness (QED) is 0.396. The summed E-state index contributed by atoms with van der Waals surface area (Å²) in [5.41, 5.74) is 3.94. The van der Waals surface area contributed by atoms with Gasteiger partial charge in [0.05, 0.1) is 16.4 Å². The zero-order valence-corrected chi connectivity index (χ0v) is 18.5. The van der Waals surface area contributed by atoms with Crippen LogP contribution in [0.4, 0.5) is 11.5 Å². The molecule has 0 atom stereocenters. The van der Waals surface area contributed by atoms with Crippen LogP contribution in [0, 0.1) is 0 Å². The molecule has 0 unspecified atom stereocenters. The fraction of sp³-hybridized carbons (Fsp3) is 0.120. The number of nitrogens with zero attached hydrogens (tertiary/aromatic N) is 3. The summed E-state index contributed by atoms with van der Waals surface area (Å²) in [6, 6.07) is 19.6. The molecule has 0 fully saturated rings. The fourth-order valence-electron chi connectivity index (χ4n) is 4.09. The molecule has 2 heterocycles. The number of halogens is 1. The summed E-state index contributed by atoms with van der Waals surface area (Å²) in [4.78, 5) is 15.1. The van der Waals surface area contributed by atoms with Gasteiger partial charge in [-0.1, -0.05) is 54.1 Å². The van der Waals surface area contributed by atoms with Gasteiger partial charge in [-0.05, 0) is 17.2 Å². The topological polar surface area (TPSA) is 90.6 Å². The normalized spacial score (nSPS) is 12.6. The molecular weight excluding hydrogens is 440 g/mol. The van der Waals surface area contributed by atoms with Crippen LogP contribution in [0.25, 0.3) is 11.3 Å². The van der Waals surface area contributed by atoms with E-state index in [1.165, 1.54) is 12.1 Å². The molecule has 0 aliphatic carbocycles. The smallest absolute Gasteiger partial charge is 0.260 e. The van der Waals surface area contributed by atoms with Gasteiger partial charge in [-0.15, -0.1) is 0 Å². The van der Waals surface area contributed by atoms with Crippen LogP contribution >= 0.6 is 11.6 Å². The maximum absolute atomic E-state index is 13.4. The van der Waals surface area contributed by atoms with Crippen LogP contribution in [0.15, 0.2) is 66.7 Å². The average molecular weight is 461 g/mol. The molecule has 1 amide bonds. The number of aromatic hydroxyl groups is 2. The molecule has 0 radical (unpaired) electrons. The first-order valence-electron chi connectivity index (χ1n) is 10.4. The SMILES string of the molecule is Cn1nc(-c2ccccc2Cl)cc1Nc1cc(O)cc(O)c1C(=O)N1Cc2ccccc2C1. The highest BCUT2D eigenvalue weighted by molar-refractivity contribution is 6.33. The van der Waals surface area contributed by atoms with Gasteiger partial charge >= 0.3 is 0 Å². The molecule has 3 aromatic carbocycles. The molecule has 1 aromatic heterocycles. The number of phenolic OH excluding ortho intramolecular Hbond substituents is 2. The van der Waals surface area contributed by atoms with E-state index in [0.717, 1.165) is 16.7 Å². The summed E-state index contributed by atoms with van der Waals surface area (Å²) in [5, 5.41) is 28.9.